The van der Waals surface area contributed by atoms with E-state index in [1.165, 1.54) is 6.92 Å². The number of nitrogens with zero attached hydrogens (tertiary/aromatic N) is 1. The van der Waals surface area contributed by atoms with Crippen LogP contribution in [-0.4, -0.2) is 49.7 Å². The number of amides is 1. The van der Waals surface area contributed by atoms with E-state index in [-0.39, 0.29) is 12.0 Å². The molecule has 0 aromatic heterocycles. The molecule has 0 aromatic rings. The Kier molecular flexibility index (Phi) is 5.91. The Morgan fingerprint density at radius 2 is 2.38 bits per heavy atom. The van der Waals surface area contributed by atoms with Crippen LogP contribution in [0.3, 0.4) is 0 Å². The van der Waals surface area contributed by atoms with Gasteiger partial charge in [-0.15, -0.1) is 5.92 Å². The summed E-state index contributed by atoms with van der Waals surface area (Å²) in [6.07, 6.45) is 1.00. The van der Waals surface area contributed by atoms with Crippen LogP contribution in [0.1, 0.15) is 20.3 Å². The van der Waals surface area contributed by atoms with Crippen LogP contribution in [0.4, 0.5) is 0 Å². The number of carbonyl (C=O) groups is 1. The molecule has 1 fully saturated rings. The second-order valence-corrected chi connectivity index (χ2v) is 3.87. The summed E-state index contributed by atoms with van der Waals surface area (Å²) in [5.74, 6) is 6.17. The van der Waals surface area contributed by atoms with Gasteiger partial charge in [-0.3, -0.25) is 9.69 Å². The number of morpholine rings is 1. The van der Waals surface area contributed by atoms with Gasteiger partial charge in [0.2, 0.25) is 5.91 Å². The third kappa shape index (κ3) is 5.15. The molecular formula is C12H20N2O2. The molecule has 1 heterocycles. The predicted octanol–water partition coefficient (Wildman–Crippen LogP) is 0.237. The fourth-order valence-electron chi connectivity index (χ4n) is 1.60. The summed E-state index contributed by atoms with van der Waals surface area (Å²) in [5, 5.41) is 2.78. The van der Waals surface area contributed by atoms with E-state index in [1.54, 1.807) is 0 Å². The quantitative estimate of drug-likeness (QED) is 0.698. The minimum absolute atomic E-state index is 0.00787. The molecule has 1 rings (SSSR count). The maximum absolute atomic E-state index is 10.8. The Balaban J connectivity index is 2.26. The van der Waals surface area contributed by atoms with E-state index in [2.05, 4.69) is 22.1 Å². The molecule has 0 unspecified atom stereocenters. The van der Waals surface area contributed by atoms with E-state index in [0.29, 0.717) is 6.54 Å². The maximum Gasteiger partial charge on any atom is 0.216 e. The molecule has 1 atom stereocenters. The number of ether oxygens (including phenoxy) is 1. The first-order valence-electron chi connectivity index (χ1n) is 5.76. The van der Waals surface area contributed by atoms with E-state index in [9.17, 15) is 4.79 Å². The number of rotatable bonds is 3. The number of carbonyl (C=O) groups excluding carboxylic acids is 1. The van der Waals surface area contributed by atoms with Gasteiger partial charge in [0, 0.05) is 33.0 Å². The molecular weight excluding hydrogens is 204 g/mol. The summed E-state index contributed by atoms with van der Waals surface area (Å²) in [7, 11) is 0. The second kappa shape index (κ2) is 7.26. The van der Waals surface area contributed by atoms with Crippen LogP contribution in [0.25, 0.3) is 0 Å². The molecule has 1 aliphatic heterocycles. The van der Waals surface area contributed by atoms with Gasteiger partial charge in [-0.2, -0.15) is 0 Å². The zero-order valence-electron chi connectivity index (χ0n) is 10.1. The molecule has 0 saturated carbocycles. The highest BCUT2D eigenvalue weighted by Gasteiger charge is 2.19. The molecule has 0 radical (unpaired) electrons. The highest BCUT2D eigenvalue weighted by Crippen LogP contribution is 2.03. The first kappa shape index (κ1) is 13.0. The van der Waals surface area contributed by atoms with Gasteiger partial charge in [0.05, 0.1) is 19.3 Å². The van der Waals surface area contributed by atoms with Crippen molar-refractivity contribution in [3.63, 3.8) is 0 Å². The summed E-state index contributed by atoms with van der Waals surface area (Å²) in [5.41, 5.74) is 0. The molecule has 1 aliphatic rings. The van der Waals surface area contributed by atoms with E-state index >= 15 is 0 Å². The Labute approximate surface area is 97.3 Å². The van der Waals surface area contributed by atoms with E-state index in [0.717, 1.165) is 32.7 Å². The number of hydrogen-bond acceptors (Lipinski definition) is 3. The molecule has 0 bridgehead atoms. The molecule has 0 aromatic carbocycles. The fourth-order valence-corrected chi connectivity index (χ4v) is 1.60. The van der Waals surface area contributed by atoms with Crippen LogP contribution in [0.15, 0.2) is 0 Å². The summed E-state index contributed by atoms with van der Waals surface area (Å²) < 4.78 is 5.56. The average Bonchev–Trinajstić information content (AvgIpc) is 2.27. The van der Waals surface area contributed by atoms with Crippen molar-refractivity contribution >= 4 is 5.91 Å². The Hall–Kier alpha value is -1.05. The standard InChI is InChI=1S/C12H20N2O2/c1-3-4-5-6-14-7-8-16-12(10-14)9-13-11(2)15/h12H,3,6-10H2,1-2H3,(H,13,15)/t12-/m0/s1. The Morgan fingerprint density at radius 1 is 1.56 bits per heavy atom. The first-order valence-corrected chi connectivity index (χ1v) is 5.76. The smallest absolute Gasteiger partial charge is 0.216 e. The summed E-state index contributed by atoms with van der Waals surface area (Å²) in [6, 6.07) is 0. The summed E-state index contributed by atoms with van der Waals surface area (Å²) >= 11 is 0. The molecule has 1 N–H and O–H groups in total. The van der Waals surface area contributed by atoms with Gasteiger partial charge < -0.3 is 10.1 Å². The van der Waals surface area contributed by atoms with Crippen LogP contribution in [0, 0.1) is 11.8 Å². The van der Waals surface area contributed by atoms with E-state index < -0.39 is 0 Å². The summed E-state index contributed by atoms with van der Waals surface area (Å²) in [6.45, 7) is 7.45. The predicted molar refractivity (Wildman–Crippen MR) is 62.9 cm³/mol. The first-order chi connectivity index (χ1) is 7.72. The van der Waals surface area contributed by atoms with Crippen LogP contribution in [0.5, 0.6) is 0 Å². The lowest BCUT2D eigenvalue weighted by Gasteiger charge is -2.31. The minimum Gasteiger partial charge on any atom is -0.374 e. The Morgan fingerprint density at radius 3 is 3.06 bits per heavy atom. The van der Waals surface area contributed by atoms with Gasteiger partial charge >= 0.3 is 0 Å². The molecule has 4 heteroatoms. The zero-order chi connectivity index (χ0) is 11.8. The van der Waals surface area contributed by atoms with Crippen molar-refractivity contribution in [1.29, 1.82) is 0 Å². The van der Waals surface area contributed by atoms with Crippen molar-refractivity contribution < 1.29 is 9.53 Å². The van der Waals surface area contributed by atoms with Crippen LogP contribution in [-0.2, 0) is 9.53 Å². The van der Waals surface area contributed by atoms with Gasteiger partial charge in [-0.25, -0.2) is 0 Å². The molecule has 1 amide bonds. The SMILES string of the molecule is CCC#CCN1CCO[C@@H](CNC(C)=O)C1. The third-order valence-electron chi connectivity index (χ3n) is 2.41. The van der Waals surface area contributed by atoms with Gasteiger partial charge in [0.15, 0.2) is 0 Å². The maximum atomic E-state index is 10.8. The topological polar surface area (TPSA) is 41.6 Å². The largest absolute Gasteiger partial charge is 0.374 e. The highest BCUT2D eigenvalue weighted by atomic mass is 16.5. The van der Waals surface area contributed by atoms with Crippen molar-refractivity contribution in [2.45, 2.75) is 26.4 Å². The van der Waals surface area contributed by atoms with Gasteiger partial charge in [-0.05, 0) is 0 Å². The fraction of sp³-hybridized carbons (Fsp3) is 0.750. The minimum atomic E-state index is -0.00787. The number of hydrogen-bond donors (Lipinski definition) is 1. The van der Waals surface area contributed by atoms with Crippen molar-refractivity contribution in [2.24, 2.45) is 0 Å². The van der Waals surface area contributed by atoms with Crippen molar-refractivity contribution in [2.75, 3.05) is 32.8 Å². The molecule has 16 heavy (non-hydrogen) atoms. The zero-order valence-corrected chi connectivity index (χ0v) is 10.1. The third-order valence-corrected chi connectivity index (χ3v) is 2.41. The molecule has 4 nitrogen and oxygen atoms in total. The lowest BCUT2D eigenvalue weighted by molar-refractivity contribution is -0.120. The van der Waals surface area contributed by atoms with Crippen molar-refractivity contribution in [1.82, 2.24) is 10.2 Å². The van der Waals surface area contributed by atoms with Gasteiger partial charge in [-0.1, -0.05) is 12.8 Å². The van der Waals surface area contributed by atoms with E-state index in [1.807, 2.05) is 6.92 Å². The second-order valence-electron chi connectivity index (χ2n) is 3.87. The molecule has 0 aliphatic carbocycles. The van der Waals surface area contributed by atoms with Crippen LogP contribution in [0.2, 0.25) is 0 Å². The highest BCUT2D eigenvalue weighted by molar-refractivity contribution is 5.72. The molecule has 1 saturated heterocycles. The molecule has 90 valence electrons. The van der Waals surface area contributed by atoms with E-state index in [4.69, 9.17) is 4.74 Å². The number of nitrogens with one attached hydrogen (secondary N) is 1. The van der Waals surface area contributed by atoms with Crippen LogP contribution >= 0.6 is 0 Å². The normalized spacial score (nSPS) is 21.0. The average molecular weight is 224 g/mol. The van der Waals surface area contributed by atoms with Crippen molar-refractivity contribution in [3.8, 4) is 11.8 Å². The Bertz CT molecular complexity index is 280. The summed E-state index contributed by atoms with van der Waals surface area (Å²) in [4.78, 5) is 13.0. The van der Waals surface area contributed by atoms with Crippen LogP contribution < -0.4 is 5.32 Å². The van der Waals surface area contributed by atoms with Gasteiger partial charge in [0.25, 0.3) is 0 Å². The molecule has 0 spiro atoms. The monoisotopic (exact) mass is 224 g/mol. The lowest BCUT2D eigenvalue weighted by Crippen LogP contribution is -2.47. The van der Waals surface area contributed by atoms with Gasteiger partial charge in [0.1, 0.15) is 0 Å². The lowest BCUT2D eigenvalue weighted by atomic mass is 10.2. The van der Waals surface area contributed by atoms with Crippen molar-refractivity contribution in [3.05, 3.63) is 0 Å².